The van der Waals surface area contributed by atoms with E-state index in [4.69, 9.17) is 16.3 Å². The third-order valence-electron chi connectivity index (χ3n) is 1.46. The van der Waals surface area contributed by atoms with Crippen LogP contribution in [0, 0.1) is 5.82 Å². The molecule has 1 aromatic carbocycles. The van der Waals surface area contributed by atoms with E-state index in [0.717, 1.165) is 0 Å². The Morgan fingerprint density at radius 1 is 1.58 bits per heavy atom. The molecule has 0 saturated heterocycles. The Hall–Kier alpha value is -0.280. The van der Waals surface area contributed by atoms with E-state index >= 15 is 0 Å². The summed E-state index contributed by atoms with van der Waals surface area (Å²) in [5, 5.41) is 0.742. The maximum atomic E-state index is 13.0. The summed E-state index contributed by atoms with van der Waals surface area (Å²) in [4.78, 5) is 0. The van der Waals surface area contributed by atoms with Crippen LogP contribution in [0.1, 0.15) is 5.56 Å². The van der Waals surface area contributed by atoms with Crippen molar-refractivity contribution >= 4 is 27.5 Å². The number of benzene rings is 1. The second kappa shape index (κ2) is 4.10. The van der Waals surface area contributed by atoms with Crippen LogP contribution in [0.4, 0.5) is 4.39 Å². The highest BCUT2D eigenvalue weighted by Crippen LogP contribution is 2.28. The van der Waals surface area contributed by atoms with Gasteiger partial charge in [0, 0.05) is 10.9 Å². The SMILES string of the molecule is COc1cc(CBr)c(F)cc1Cl. The smallest absolute Gasteiger partial charge is 0.137 e. The van der Waals surface area contributed by atoms with Gasteiger partial charge in [-0.1, -0.05) is 27.5 Å². The lowest BCUT2D eigenvalue weighted by Gasteiger charge is -2.05. The van der Waals surface area contributed by atoms with Crippen molar-refractivity contribution in [2.45, 2.75) is 5.33 Å². The van der Waals surface area contributed by atoms with Crippen molar-refractivity contribution in [1.29, 1.82) is 0 Å². The minimum absolute atomic E-state index is 0.291. The van der Waals surface area contributed by atoms with E-state index in [1.54, 1.807) is 6.07 Å². The Kier molecular flexibility index (Phi) is 3.35. The molecule has 0 unspecified atom stereocenters. The molecule has 0 heterocycles. The minimum atomic E-state index is -0.322. The molecular weight excluding hydrogens is 246 g/mol. The molecule has 0 aliphatic rings. The predicted octanol–water partition coefficient (Wildman–Crippen LogP) is 3.38. The molecular formula is C8H7BrClFO. The van der Waals surface area contributed by atoms with Crippen molar-refractivity contribution in [3.63, 3.8) is 0 Å². The molecule has 0 spiro atoms. The molecule has 0 N–H and O–H groups in total. The molecule has 1 aromatic rings. The van der Waals surface area contributed by atoms with E-state index in [1.165, 1.54) is 13.2 Å². The van der Waals surface area contributed by atoms with Gasteiger partial charge < -0.3 is 4.74 Å². The number of methoxy groups -OCH3 is 1. The van der Waals surface area contributed by atoms with Crippen LogP contribution in [-0.4, -0.2) is 7.11 Å². The molecule has 0 saturated carbocycles. The molecule has 4 heteroatoms. The first-order chi connectivity index (χ1) is 5.69. The highest BCUT2D eigenvalue weighted by atomic mass is 79.9. The van der Waals surface area contributed by atoms with Crippen LogP contribution in [0.25, 0.3) is 0 Å². The van der Waals surface area contributed by atoms with Gasteiger partial charge in [-0.3, -0.25) is 0 Å². The first-order valence-corrected chi connectivity index (χ1v) is 4.77. The summed E-state index contributed by atoms with van der Waals surface area (Å²) in [6, 6.07) is 2.82. The molecule has 1 rings (SSSR count). The van der Waals surface area contributed by atoms with Crippen molar-refractivity contribution in [2.24, 2.45) is 0 Å². The highest BCUT2D eigenvalue weighted by Gasteiger charge is 2.07. The summed E-state index contributed by atoms with van der Waals surface area (Å²) >= 11 is 8.84. The molecule has 0 fully saturated rings. The molecule has 1 nitrogen and oxygen atoms in total. The molecule has 0 bridgehead atoms. The van der Waals surface area contributed by atoms with E-state index in [0.29, 0.717) is 21.7 Å². The first kappa shape index (κ1) is 9.81. The number of hydrogen-bond donors (Lipinski definition) is 0. The Bertz CT molecular complexity index is 265. The number of alkyl halides is 1. The summed E-state index contributed by atoms with van der Waals surface area (Å²) in [5.74, 6) is 0.171. The maximum absolute atomic E-state index is 13.0. The van der Waals surface area contributed by atoms with Crippen LogP contribution in [-0.2, 0) is 5.33 Å². The van der Waals surface area contributed by atoms with E-state index in [-0.39, 0.29) is 5.82 Å². The zero-order valence-electron chi connectivity index (χ0n) is 6.40. The molecule has 0 atom stereocenters. The van der Waals surface area contributed by atoms with Crippen molar-refractivity contribution in [3.8, 4) is 5.75 Å². The van der Waals surface area contributed by atoms with Gasteiger partial charge in [0.15, 0.2) is 0 Å². The van der Waals surface area contributed by atoms with Crippen LogP contribution < -0.4 is 4.74 Å². The highest BCUT2D eigenvalue weighted by molar-refractivity contribution is 9.08. The average Bonchev–Trinajstić information content (AvgIpc) is 2.05. The summed E-state index contributed by atoms with van der Waals surface area (Å²) in [7, 11) is 1.50. The van der Waals surface area contributed by atoms with Crippen LogP contribution in [0.15, 0.2) is 12.1 Å². The third-order valence-corrected chi connectivity index (χ3v) is 2.36. The van der Waals surface area contributed by atoms with Gasteiger partial charge in [0.2, 0.25) is 0 Å². The lowest BCUT2D eigenvalue weighted by molar-refractivity contribution is 0.413. The first-order valence-electron chi connectivity index (χ1n) is 3.27. The lowest BCUT2D eigenvalue weighted by atomic mass is 10.2. The monoisotopic (exact) mass is 252 g/mol. The maximum Gasteiger partial charge on any atom is 0.137 e. The van der Waals surface area contributed by atoms with E-state index in [9.17, 15) is 4.39 Å². The zero-order chi connectivity index (χ0) is 9.14. The molecule has 0 aliphatic carbocycles. The minimum Gasteiger partial charge on any atom is -0.495 e. The largest absolute Gasteiger partial charge is 0.495 e. The van der Waals surface area contributed by atoms with Crippen molar-refractivity contribution in [3.05, 3.63) is 28.5 Å². The summed E-state index contributed by atoms with van der Waals surface area (Å²) in [6.45, 7) is 0. The Morgan fingerprint density at radius 2 is 2.25 bits per heavy atom. The fraction of sp³-hybridized carbons (Fsp3) is 0.250. The van der Waals surface area contributed by atoms with Crippen LogP contribution in [0.2, 0.25) is 5.02 Å². The van der Waals surface area contributed by atoms with Gasteiger partial charge >= 0.3 is 0 Å². The van der Waals surface area contributed by atoms with Crippen molar-refractivity contribution in [1.82, 2.24) is 0 Å². The molecule has 0 amide bonds. The van der Waals surface area contributed by atoms with Crippen LogP contribution in [0.5, 0.6) is 5.75 Å². The molecule has 0 radical (unpaired) electrons. The molecule has 12 heavy (non-hydrogen) atoms. The van der Waals surface area contributed by atoms with Gasteiger partial charge in [-0.15, -0.1) is 0 Å². The third kappa shape index (κ3) is 1.90. The van der Waals surface area contributed by atoms with Gasteiger partial charge in [-0.2, -0.15) is 0 Å². The van der Waals surface area contributed by atoms with Crippen molar-refractivity contribution < 1.29 is 9.13 Å². The van der Waals surface area contributed by atoms with E-state index in [2.05, 4.69) is 15.9 Å². The van der Waals surface area contributed by atoms with Gasteiger partial charge in [-0.05, 0) is 12.1 Å². The normalized spacial score (nSPS) is 10.0. The molecule has 66 valence electrons. The Morgan fingerprint density at radius 3 is 2.75 bits per heavy atom. The summed E-state index contributed by atoms with van der Waals surface area (Å²) in [6.07, 6.45) is 0. The summed E-state index contributed by atoms with van der Waals surface area (Å²) < 4.78 is 17.9. The number of hydrogen-bond acceptors (Lipinski definition) is 1. The fourth-order valence-corrected chi connectivity index (χ4v) is 1.49. The second-order valence-electron chi connectivity index (χ2n) is 2.21. The summed E-state index contributed by atoms with van der Waals surface area (Å²) in [5.41, 5.74) is 0.538. The van der Waals surface area contributed by atoms with Crippen LogP contribution >= 0.6 is 27.5 Å². The number of ether oxygens (including phenoxy) is 1. The van der Waals surface area contributed by atoms with Gasteiger partial charge in [0.1, 0.15) is 11.6 Å². The van der Waals surface area contributed by atoms with Crippen LogP contribution in [0.3, 0.4) is 0 Å². The number of rotatable bonds is 2. The topological polar surface area (TPSA) is 9.23 Å². The average molecular weight is 253 g/mol. The Labute approximate surface area is 83.6 Å². The fourth-order valence-electron chi connectivity index (χ4n) is 0.830. The van der Waals surface area contributed by atoms with Crippen molar-refractivity contribution in [2.75, 3.05) is 7.11 Å². The predicted molar refractivity (Wildman–Crippen MR) is 50.6 cm³/mol. The molecule has 0 aromatic heterocycles. The lowest BCUT2D eigenvalue weighted by Crippen LogP contribution is -1.90. The van der Waals surface area contributed by atoms with Gasteiger partial charge in [0.25, 0.3) is 0 Å². The van der Waals surface area contributed by atoms with E-state index in [1.807, 2.05) is 0 Å². The van der Waals surface area contributed by atoms with E-state index < -0.39 is 0 Å². The zero-order valence-corrected chi connectivity index (χ0v) is 8.75. The number of halogens is 3. The Balaban J connectivity index is 3.18. The second-order valence-corrected chi connectivity index (χ2v) is 3.18. The quantitative estimate of drug-likeness (QED) is 0.734. The standard InChI is InChI=1S/C8H7BrClFO/c1-12-8-2-5(4-9)7(11)3-6(8)10/h2-3H,4H2,1H3. The van der Waals surface area contributed by atoms with Gasteiger partial charge in [0.05, 0.1) is 12.1 Å². The van der Waals surface area contributed by atoms with Gasteiger partial charge in [-0.25, -0.2) is 4.39 Å². The molecule has 0 aliphatic heterocycles.